The third-order valence-corrected chi connectivity index (χ3v) is 4.82. The second-order valence-electron chi connectivity index (χ2n) is 6.59. The zero-order valence-electron chi connectivity index (χ0n) is 15.2. The highest BCUT2D eigenvalue weighted by Crippen LogP contribution is 2.35. The molecule has 5 rings (SSSR count). The highest BCUT2D eigenvalue weighted by Gasteiger charge is 2.12. The van der Waals surface area contributed by atoms with Gasteiger partial charge in [0.1, 0.15) is 5.52 Å². The second kappa shape index (κ2) is 7.05. The van der Waals surface area contributed by atoms with Gasteiger partial charge >= 0.3 is 0 Å². The van der Waals surface area contributed by atoms with Gasteiger partial charge in [0.05, 0.1) is 0 Å². The van der Waals surface area contributed by atoms with Gasteiger partial charge in [-0.1, -0.05) is 54.6 Å². The summed E-state index contributed by atoms with van der Waals surface area (Å²) in [6.45, 7) is 0. The van der Waals surface area contributed by atoms with Crippen molar-refractivity contribution in [3.8, 4) is 11.1 Å². The van der Waals surface area contributed by atoms with E-state index in [-0.39, 0.29) is 0 Å². The Morgan fingerprint density at radius 2 is 1.14 bits per heavy atom. The molecule has 0 unspecified atom stereocenters. The lowest BCUT2D eigenvalue weighted by Crippen LogP contribution is -2.09. The normalized spacial score (nSPS) is 10.9. The standard InChI is InChI=1S/C25H18N2O/c1-3-7-21(8-4-1)27(22-9-5-2-6-10-22)23-14-11-19(12-15-23)20-13-16-24-25(17-20)28-18-26-24/h1-18H. The van der Waals surface area contributed by atoms with Crippen molar-refractivity contribution in [2.75, 3.05) is 4.90 Å². The molecule has 0 amide bonds. The van der Waals surface area contributed by atoms with E-state index < -0.39 is 0 Å². The molecule has 0 aliphatic carbocycles. The highest BCUT2D eigenvalue weighted by molar-refractivity contribution is 5.82. The Kier molecular flexibility index (Phi) is 4.11. The van der Waals surface area contributed by atoms with Crippen molar-refractivity contribution in [1.29, 1.82) is 0 Å². The van der Waals surface area contributed by atoms with E-state index in [0.29, 0.717) is 0 Å². The Balaban J connectivity index is 1.55. The number of anilines is 3. The molecule has 0 saturated carbocycles. The Morgan fingerprint density at radius 1 is 0.571 bits per heavy atom. The molecule has 3 heteroatoms. The van der Waals surface area contributed by atoms with Crippen molar-refractivity contribution in [2.45, 2.75) is 0 Å². The van der Waals surface area contributed by atoms with E-state index in [2.05, 4.69) is 88.7 Å². The summed E-state index contributed by atoms with van der Waals surface area (Å²) in [7, 11) is 0. The molecule has 0 saturated heterocycles. The van der Waals surface area contributed by atoms with E-state index in [4.69, 9.17) is 4.42 Å². The number of fused-ring (bicyclic) bond motifs is 1. The predicted octanol–water partition coefficient (Wildman–Crippen LogP) is 6.96. The van der Waals surface area contributed by atoms with Crippen LogP contribution in [0, 0.1) is 0 Å². The SMILES string of the molecule is c1ccc(N(c2ccccc2)c2ccc(-c3ccc4ncoc4c3)cc2)cc1. The quantitative estimate of drug-likeness (QED) is 0.346. The summed E-state index contributed by atoms with van der Waals surface area (Å²) >= 11 is 0. The molecule has 0 fully saturated rings. The fraction of sp³-hybridized carbons (Fsp3) is 0. The maximum Gasteiger partial charge on any atom is 0.181 e. The summed E-state index contributed by atoms with van der Waals surface area (Å²) in [6, 6.07) is 35.5. The van der Waals surface area contributed by atoms with E-state index in [1.165, 1.54) is 6.39 Å². The zero-order chi connectivity index (χ0) is 18.8. The molecule has 0 aliphatic rings. The molecule has 0 N–H and O–H groups in total. The smallest absolute Gasteiger partial charge is 0.181 e. The summed E-state index contributed by atoms with van der Waals surface area (Å²) in [5.41, 5.74) is 7.30. The van der Waals surface area contributed by atoms with Crippen molar-refractivity contribution in [3.05, 3.63) is 110 Å². The first-order valence-electron chi connectivity index (χ1n) is 9.22. The van der Waals surface area contributed by atoms with Crippen LogP contribution in [0.2, 0.25) is 0 Å². The summed E-state index contributed by atoms with van der Waals surface area (Å²) in [4.78, 5) is 6.44. The fourth-order valence-electron chi connectivity index (χ4n) is 3.44. The van der Waals surface area contributed by atoms with E-state index >= 15 is 0 Å². The lowest BCUT2D eigenvalue weighted by Gasteiger charge is -2.25. The Hall–Kier alpha value is -3.85. The van der Waals surface area contributed by atoms with E-state index in [9.17, 15) is 0 Å². The van der Waals surface area contributed by atoms with Crippen LogP contribution in [0.3, 0.4) is 0 Å². The minimum atomic E-state index is 0.803. The third kappa shape index (κ3) is 3.03. The van der Waals surface area contributed by atoms with E-state index in [1.807, 2.05) is 24.3 Å². The first kappa shape index (κ1) is 16.3. The van der Waals surface area contributed by atoms with Gasteiger partial charge in [-0.05, 0) is 59.7 Å². The Labute approximate surface area is 163 Å². The molecule has 0 spiro atoms. The van der Waals surface area contributed by atoms with Gasteiger partial charge in [0.2, 0.25) is 0 Å². The van der Waals surface area contributed by atoms with Gasteiger partial charge in [-0.15, -0.1) is 0 Å². The number of oxazole rings is 1. The minimum absolute atomic E-state index is 0.803. The number of hydrogen-bond donors (Lipinski definition) is 0. The number of para-hydroxylation sites is 2. The summed E-state index contributed by atoms with van der Waals surface area (Å²) in [5.74, 6) is 0. The van der Waals surface area contributed by atoms with Gasteiger partial charge in [-0.25, -0.2) is 4.98 Å². The molecule has 134 valence electrons. The average molecular weight is 362 g/mol. The molecule has 0 atom stereocenters. The van der Waals surface area contributed by atoms with Crippen LogP contribution in [0.4, 0.5) is 17.1 Å². The van der Waals surface area contributed by atoms with Gasteiger partial charge in [-0.2, -0.15) is 0 Å². The third-order valence-electron chi connectivity index (χ3n) is 4.82. The summed E-state index contributed by atoms with van der Waals surface area (Å²) in [5, 5.41) is 0. The van der Waals surface area contributed by atoms with Gasteiger partial charge in [0, 0.05) is 17.1 Å². The number of hydrogen-bond acceptors (Lipinski definition) is 3. The second-order valence-corrected chi connectivity index (χ2v) is 6.59. The predicted molar refractivity (Wildman–Crippen MR) is 114 cm³/mol. The zero-order valence-corrected chi connectivity index (χ0v) is 15.2. The molecule has 1 heterocycles. The van der Waals surface area contributed by atoms with E-state index in [0.717, 1.165) is 39.3 Å². The maximum absolute atomic E-state index is 5.44. The van der Waals surface area contributed by atoms with Crippen LogP contribution in [-0.2, 0) is 0 Å². The van der Waals surface area contributed by atoms with Crippen LogP contribution >= 0.6 is 0 Å². The van der Waals surface area contributed by atoms with Gasteiger partial charge in [0.15, 0.2) is 12.0 Å². The first-order chi connectivity index (χ1) is 13.9. The molecule has 0 radical (unpaired) electrons. The molecule has 28 heavy (non-hydrogen) atoms. The molecule has 1 aromatic heterocycles. The van der Waals surface area contributed by atoms with Crippen molar-refractivity contribution in [1.82, 2.24) is 4.98 Å². The van der Waals surface area contributed by atoms with Crippen LogP contribution in [0.1, 0.15) is 0 Å². The number of nitrogens with zero attached hydrogens (tertiary/aromatic N) is 2. The Bertz CT molecular complexity index is 1160. The minimum Gasteiger partial charge on any atom is -0.443 e. The number of rotatable bonds is 4. The first-order valence-corrected chi connectivity index (χ1v) is 9.22. The molecule has 0 bridgehead atoms. The van der Waals surface area contributed by atoms with Crippen molar-refractivity contribution < 1.29 is 4.42 Å². The largest absolute Gasteiger partial charge is 0.443 e. The fourth-order valence-corrected chi connectivity index (χ4v) is 3.44. The number of benzene rings is 4. The van der Waals surface area contributed by atoms with Crippen LogP contribution in [0.15, 0.2) is 114 Å². The molecule has 3 nitrogen and oxygen atoms in total. The van der Waals surface area contributed by atoms with Crippen molar-refractivity contribution in [3.63, 3.8) is 0 Å². The molecular weight excluding hydrogens is 344 g/mol. The van der Waals surface area contributed by atoms with E-state index in [1.54, 1.807) is 0 Å². The maximum atomic E-state index is 5.44. The number of aromatic nitrogens is 1. The van der Waals surface area contributed by atoms with Crippen LogP contribution in [0.25, 0.3) is 22.2 Å². The lowest BCUT2D eigenvalue weighted by molar-refractivity contribution is 0.602. The molecule has 4 aromatic carbocycles. The van der Waals surface area contributed by atoms with Crippen molar-refractivity contribution >= 4 is 28.2 Å². The van der Waals surface area contributed by atoms with Gasteiger partial charge in [0.25, 0.3) is 0 Å². The molecular formula is C25H18N2O. The van der Waals surface area contributed by atoms with Gasteiger partial charge in [-0.3, -0.25) is 0 Å². The average Bonchev–Trinajstić information content (AvgIpc) is 3.24. The highest BCUT2D eigenvalue weighted by atomic mass is 16.3. The van der Waals surface area contributed by atoms with Gasteiger partial charge < -0.3 is 9.32 Å². The van der Waals surface area contributed by atoms with Crippen LogP contribution < -0.4 is 4.90 Å². The summed E-state index contributed by atoms with van der Waals surface area (Å²) in [6.07, 6.45) is 1.48. The van der Waals surface area contributed by atoms with Crippen LogP contribution in [0.5, 0.6) is 0 Å². The topological polar surface area (TPSA) is 29.3 Å². The van der Waals surface area contributed by atoms with Crippen LogP contribution in [-0.4, -0.2) is 4.98 Å². The monoisotopic (exact) mass is 362 g/mol. The summed E-state index contributed by atoms with van der Waals surface area (Å²) < 4.78 is 5.44. The molecule has 0 aliphatic heterocycles. The Morgan fingerprint density at radius 3 is 1.79 bits per heavy atom. The van der Waals surface area contributed by atoms with Crippen molar-refractivity contribution in [2.24, 2.45) is 0 Å². The lowest BCUT2D eigenvalue weighted by atomic mass is 10.0. The molecule has 5 aromatic rings.